The van der Waals surface area contributed by atoms with Gasteiger partial charge in [0.05, 0.1) is 14.2 Å². The molecule has 98 valence electrons. The second-order valence-corrected chi connectivity index (χ2v) is 3.61. The van der Waals surface area contributed by atoms with Gasteiger partial charge in [0.1, 0.15) is 0 Å². The lowest BCUT2D eigenvalue weighted by atomic mass is 10.2. The molecule has 0 atom stereocenters. The predicted octanol–water partition coefficient (Wildman–Crippen LogP) is 2.37. The maximum Gasteiger partial charge on any atom is 0.333 e. The number of ether oxygens (including phenoxy) is 2. The standard InChI is InChI=1S/C13H16FNO3/c1-9(13(16)18-3)6-7-15-10-4-5-11(14)12(8-10)17-2/h4-6,8,15H,7H2,1-3H3/b9-6+. The molecule has 0 aliphatic carbocycles. The van der Waals surface area contributed by atoms with Crippen molar-refractivity contribution in [3.8, 4) is 5.75 Å². The Morgan fingerprint density at radius 2 is 2.17 bits per heavy atom. The SMILES string of the molecule is COC(=O)/C(C)=C/CNc1ccc(F)c(OC)c1. The van der Waals surface area contributed by atoms with Gasteiger partial charge in [0.2, 0.25) is 0 Å². The lowest BCUT2D eigenvalue weighted by Gasteiger charge is -2.07. The zero-order chi connectivity index (χ0) is 13.5. The van der Waals surface area contributed by atoms with Gasteiger partial charge >= 0.3 is 5.97 Å². The summed E-state index contributed by atoms with van der Waals surface area (Å²) in [7, 11) is 2.74. The van der Waals surface area contributed by atoms with Crippen LogP contribution in [0.4, 0.5) is 10.1 Å². The maximum absolute atomic E-state index is 13.1. The monoisotopic (exact) mass is 253 g/mol. The zero-order valence-corrected chi connectivity index (χ0v) is 10.6. The fourth-order valence-electron chi connectivity index (χ4n) is 1.34. The van der Waals surface area contributed by atoms with Crippen molar-refractivity contribution in [2.75, 3.05) is 26.1 Å². The first kappa shape index (κ1) is 14.0. The van der Waals surface area contributed by atoms with Gasteiger partial charge in [0.25, 0.3) is 0 Å². The molecule has 0 amide bonds. The number of hydrogen-bond acceptors (Lipinski definition) is 4. The number of anilines is 1. The second kappa shape index (κ2) is 6.64. The summed E-state index contributed by atoms with van der Waals surface area (Å²) in [6.45, 7) is 2.11. The predicted molar refractivity (Wildman–Crippen MR) is 67.2 cm³/mol. The van der Waals surface area contributed by atoms with E-state index in [1.165, 1.54) is 20.3 Å². The first-order valence-corrected chi connectivity index (χ1v) is 5.41. The molecular weight excluding hydrogens is 237 g/mol. The summed E-state index contributed by atoms with van der Waals surface area (Å²) in [6, 6.07) is 4.47. The van der Waals surface area contributed by atoms with Gasteiger partial charge < -0.3 is 14.8 Å². The van der Waals surface area contributed by atoms with Crippen molar-refractivity contribution in [1.82, 2.24) is 0 Å². The molecule has 4 nitrogen and oxygen atoms in total. The summed E-state index contributed by atoms with van der Waals surface area (Å²) in [4.78, 5) is 11.1. The highest BCUT2D eigenvalue weighted by atomic mass is 19.1. The number of rotatable bonds is 5. The molecule has 0 unspecified atom stereocenters. The van der Waals surface area contributed by atoms with Crippen molar-refractivity contribution < 1.29 is 18.7 Å². The fourth-order valence-corrected chi connectivity index (χ4v) is 1.34. The minimum atomic E-state index is -0.413. The number of halogens is 1. The third-order valence-electron chi connectivity index (χ3n) is 2.37. The number of benzene rings is 1. The van der Waals surface area contributed by atoms with E-state index < -0.39 is 5.82 Å². The molecular formula is C13H16FNO3. The van der Waals surface area contributed by atoms with E-state index >= 15 is 0 Å². The summed E-state index contributed by atoms with van der Waals surface area (Å²) in [5.41, 5.74) is 1.22. The lowest BCUT2D eigenvalue weighted by Crippen LogP contribution is -2.05. The molecule has 1 aromatic rings. The van der Waals surface area contributed by atoms with Crippen molar-refractivity contribution in [2.45, 2.75) is 6.92 Å². The maximum atomic E-state index is 13.1. The van der Waals surface area contributed by atoms with Crippen LogP contribution in [-0.2, 0) is 9.53 Å². The molecule has 0 saturated carbocycles. The molecule has 0 saturated heterocycles. The van der Waals surface area contributed by atoms with E-state index in [1.54, 1.807) is 25.1 Å². The molecule has 0 spiro atoms. The smallest absolute Gasteiger partial charge is 0.333 e. The Kier molecular flexibility index (Phi) is 5.17. The number of methoxy groups -OCH3 is 2. The van der Waals surface area contributed by atoms with Gasteiger partial charge in [0, 0.05) is 23.9 Å². The third kappa shape index (κ3) is 3.76. The summed E-state index contributed by atoms with van der Waals surface area (Å²) < 4.78 is 22.6. The Morgan fingerprint density at radius 1 is 1.44 bits per heavy atom. The highest BCUT2D eigenvalue weighted by Gasteiger charge is 2.04. The third-order valence-corrected chi connectivity index (χ3v) is 2.37. The molecule has 5 heteroatoms. The largest absolute Gasteiger partial charge is 0.494 e. The van der Waals surface area contributed by atoms with Gasteiger partial charge in [-0.1, -0.05) is 6.08 Å². The Bertz CT molecular complexity index is 458. The van der Waals surface area contributed by atoms with Crippen LogP contribution in [0.3, 0.4) is 0 Å². The number of esters is 1. The lowest BCUT2D eigenvalue weighted by molar-refractivity contribution is -0.136. The number of carbonyl (C=O) groups is 1. The normalized spacial score (nSPS) is 11.0. The van der Waals surface area contributed by atoms with Crippen LogP contribution in [0.1, 0.15) is 6.92 Å². The Hall–Kier alpha value is -2.04. The van der Waals surface area contributed by atoms with Crippen LogP contribution in [0.15, 0.2) is 29.8 Å². The average molecular weight is 253 g/mol. The van der Waals surface area contributed by atoms with Gasteiger partial charge in [-0.05, 0) is 19.1 Å². The van der Waals surface area contributed by atoms with E-state index in [9.17, 15) is 9.18 Å². The summed E-state index contributed by atoms with van der Waals surface area (Å²) in [5.74, 6) is -0.605. The van der Waals surface area contributed by atoms with E-state index in [0.717, 1.165) is 0 Å². The van der Waals surface area contributed by atoms with Gasteiger partial charge in [-0.3, -0.25) is 0 Å². The second-order valence-electron chi connectivity index (χ2n) is 3.61. The van der Waals surface area contributed by atoms with Gasteiger partial charge in [-0.25, -0.2) is 9.18 Å². The first-order valence-electron chi connectivity index (χ1n) is 5.41. The first-order chi connectivity index (χ1) is 8.58. The van der Waals surface area contributed by atoms with Crippen molar-refractivity contribution in [3.05, 3.63) is 35.7 Å². The molecule has 0 aliphatic heterocycles. The Labute approximate surface area is 105 Å². The van der Waals surface area contributed by atoms with Gasteiger partial charge in [-0.15, -0.1) is 0 Å². The van der Waals surface area contributed by atoms with Crippen LogP contribution in [0.5, 0.6) is 5.75 Å². The molecule has 1 aromatic carbocycles. The molecule has 1 N–H and O–H groups in total. The van der Waals surface area contributed by atoms with Crippen LogP contribution in [0.2, 0.25) is 0 Å². The highest BCUT2D eigenvalue weighted by Crippen LogP contribution is 2.21. The quantitative estimate of drug-likeness (QED) is 0.646. The van der Waals surface area contributed by atoms with E-state index in [-0.39, 0.29) is 11.7 Å². The molecule has 0 fully saturated rings. The van der Waals surface area contributed by atoms with Crippen LogP contribution in [0, 0.1) is 5.82 Å². The molecule has 0 aromatic heterocycles. The molecule has 0 aliphatic rings. The van der Waals surface area contributed by atoms with Gasteiger partial charge in [0.15, 0.2) is 11.6 Å². The number of hydrogen-bond donors (Lipinski definition) is 1. The van der Waals surface area contributed by atoms with Crippen molar-refractivity contribution in [3.63, 3.8) is 0 Å². The topological polar surface area (TPSA) is 47.6 Å². The Balaban J connectivity index is 2.61. The minimum Gasteiger partial charge on any atom is -0.494 e. The van der Waals surface area contributed by atoms with Crippen molar-refractivity contribution in [2.24, 2.45) is 0 Å². The summed E-state index contributed by atoms with van der Waals surface area (Å²) in [5, 5.41) is 3.03. The molecule has 0 heterocycles. The van der Waals surface area contributed by atoms with Crippen LogP contribution < -0.4 is 10.1 Å². The van der Waals surface area contributed by atoms with E-state index in [2.05, 4.69) is 10.1 Å². The van der Waals surface area contributed by atoms with E-state index in [4.69, 9.17) is 4.74 Å². The summed E-state index contributed by atoms with van der Waals surface area (Å²) >= 11 is 0. The van der Waals surface area contributed by atoms with Crippen LogP contribution >= 0.6 is 0 Å². The van der Waals surface area contributed by atoms with E-state index in [0.29, 0.717) is 17.8 Å². The fraction of sp³-hybridized carbons (Fsp3) is 0.308. The number of carbonyl (C=O) groups excluding carboxylic acids is 1. The molecule has 0 bridgehead atoms. The van der Waals surface area contributed by atoms with E-state index in [1.807, 2.05) is 0 Å². The average Bonchev–Trinajstić information content (AvgIpc) is 2.39. The van der Waals surface area contributed by atoms with Crippen LogP contribution in [0.25, 0.3) is 0 Å². The van der Waals surface area contributed by atoms with Crippen LogP contribution in [-0.4, -0.2) is 26.7 Å². The van der Waals surface area contributed by atoms with Crippen molar-refractivity contribution >= 4 is 11.7 Å². The van der Waals surface area contributed by atoms with Crippen molar-refractivity contribution in [1.29, 1.82) is 0 Å². The number of nitrogens with one attached hydrogen (secondary N) is 1. The molecule has 18 heavy (non-hydrogen) atoms. The highest BCUT2D eigenvalue weighted by molar-refractivity contribution is 5.87. The Morgan fingerprint density at radius 3 is 2.78 bits per heavy atom. The molecule has 0 radical (unpaired) electrons. The van der Waals surface area contributed by atoms with Gasteiger partial charge in [-0.2, -0.15) is 0 Å². The molecule has 1 rings (SSSR count). The zero-order valence-electron chi connectivity index (χ0n) is 10.6. The minimum absolute atomic E-state index is 0.175. The summed E-state index contributed by atoms with van der Waals surface area (Å²) in [6.07, 6.45) is 1.70.